The first-order valence-electron chi connectivity index (χ1n) is 5.14. The van der Waals surface area contributed by atoms with Gasteiger partial charge in [0.25, 0.3) is 5.91 Å². The summed E-state index contributed by atoms with van der Waals surface area (Å²) in [7, 11) is 1.63. The summed E-state index contributed by atoms with van der Waals surface area (Å²) in [5, 5.41) is 8.11. The minimum Gasteiger partial charge on any atom is -0.364 e. The third-order valence-corrected chi connectivity index (χ3v) is 2.42. The molecule has 2 amide bonds. The minimum absolute atomic E-state index is 0.116. The van der Waals surface area contributed by atoms with E-state index >= 15 is 0 Å². The van der Waals surface area contributed by atoms with E-state index in [1.165, 1.54) is 0 Å². The zero-order valence-corrected chi connectivity index (χ0v) is 10.6. The van der Waals surface area contributed by atoms with Gasteiger partial charge in [-0.05, 0) is 25.6 Å². The number of hydrogen-bond donors (Lipinski definition) is 3. The van der Waals surface area contributed by atoms with Crippen LogP contribution in [0.3, 0.4) is 0 Å². The van der Waals surface area contributed by atoms with Crippen LogP contribution in [0.25, 0.3) is 0 Å². The molecule has 3 N–H and O–H groups in total. The number of carbonyl (C=O) groups is 2. The fraction of sp³-hybridized carbons (Fsp3) is 0.556. The highest BCUT2D eigenvalue weighted by atomic mass is 32.1. The lowest BCUT2D eigenvalue weighted by atomic mass is 10.2. The van der Waals surface area contributed by atoms with Gasteiger partial charge in [-0.1, -0.05) is 0 Å². The molecule has 1 aliphatic rings. The lowest BCUT2D eigenvalue weighted by Gasteiger charge is -2.21. The van der Waals surface area contributed by atoms with Gasteiger partial charge in [0.2, 0.25) is 5.91 Å². The molecule has 0 radical (unpaired) electrons. The summed E-state index contributed by atoms with van der Waals surface area (Å²) >= 11 is 4.77. The molecule has 0 aromatic rings. The van der Waals surface area contributed by atoms with Crippen molar-refractivity contribution in [1.82, 2.24) is 21.2 Å². The van der Waals surface area contributed by atoms with Crippen LogP contribution in [0.15, 0.2) is 5.10 Å². The van der Waals surface area contributed by atoms with Crippen LogP contribution in [0.1, 0.15) is 19.8 Å². The van der Waals surface area contributed by atoms with Gasteiger partial charge in [0, 0.05) is 19.2 Å². The van der Waals surface area contributed by atoms with Gasteiger partial charge < -0.3 is 5.32 Å². The molecule has 7 nitrogen and oxygen atoms in total. The molecule has 0 aromatic heterocycles. The van der Waals surface area contributed by atoms with Crippen molar-refractivity contribution in [2.75, 3.05) is 13.6 Å². The van der Waals surface area contributed by atoms with Crippen molar-refractivity contribution in [3.8, 4) is 0 Å². The number of nitrogens with one attached hydrogen (secondary N) is 3. The predicted octanol–water partition coefficient (Wildman–Crippen LogP) is -0.890. The minimum atomic E-state index is -0.380. The summed E-state index contributed by atoms with van der Waals surface area (Å²) in [6.07, 6.45) is 1.05. The van der Waals surface area contributed by atoms with Crippen LogP contribution in [0, 0.1) is 0 Å². The Bertz CT molecular complexity index is 368. The van der Waals surface area contributed by atoms with Crippen LogP contribution in [0.5, 0.6) is 0 Å². The largest absolute Gasteiger partial charge is 0.364 e. The first-order valence-corrected chi connectivity index (χ1v) is 5.54. The Balaban J connectivity index is 2.42. The molecule has 0 unspecified atom stereocenters. The van der Waals surface area contributed by atoms with E-state index in [2.05, 4.69) is 21.3 Å². The van der Waals surface area contributed by atoms with E-state index in [1.54, 1.807) is 7.05 Å². The molecule has 17 heavy (non-hydrogen) atoms. The fourth-order valence-electron chi connectivity index (χ4n) is 1.22. The second kappa shape index (κ2) is 6.14. The van der Waals surface area contributed by atoms with Gasteiger partial charge in [-0.3, -0.25) is 20.4 Å². The van der Waals surface area contributed by atoms with Crippen LogP contribution in [-0.4, -0.2) is 41.2 Å². The smallest absolute Gasteiger partial charge is 0.260 e. The number of amides is 2. The Morgan fingerprint density at radius 1 is 1.47 bits per heavy atom. The molecule has 0 aliphatic carbocycles. The van der Waals surface area contributed by atoms with Crippen molar-refractivity contribution in [2.45, 2.75) is 19.8 Å². The van der Waals surface area contributed by atoms with Crippen molar-refractivity contribution in [1.29, 1.82) is 0 Å². The Hall–Kier alpha value is -1.70. The van der Waals surface area contributed by atoms with Crippen molar-refractivity contribution in [3.63, 3.8) is 0 Å². The number of thiocarbonyl (C=S) groups is 1. The zero-order valence-electron chi connectivity index (χ0n) is 9.74. The Kier molecular flexibility index (Phi) is 4.83. The summed E-state index contributed by atoms with van der Waals surface area (Å²) in [6, 6.07) is 0. The second-order valence-electron chi connectivity index (χ2n) is 3.54. The number of hydrazone groups is 1. The number of rotatable bonds is 2. The summed E-state index contributed by atoms with van der Waals surface area (Å²) in [6.45, 7) is 1.71. The monoisotopic (exact) mass is 257 g/mol. The van der Waals surface area contributed by atoms with Gasteiger partial charge in [0.15, 0.2) is 5.11 Å². The SMILES string of the molecule is CNC(=S)NNC(=O)CN1N=C(C)CCC1=O. The summed E-state index contributed by atoms with van der Waals surface area (Å²) in [5.74, 6) is -0.531. The van der Waals surface area contributed by atoms with Gasteiger partial charge in [0.1, 0.15) is 6.54 Å². The van der Waals surface area contributed by atoms with Crippen LogP contribution in [-0.2, 0) is 9.59 Å². The van der Waals surface area contributed by atoms with E-state index in [0.29, 0.717) is 18.0 Å². The maximum atomic E-state index is 11.5. The van der Waals surface area contributed by atoms with E-state index in [9.17, 15) is 9.59 Å². The Morgan fingerprint density at radius 3 is 2.82 bits per heavy atom. The summed E-state index contributed by atoms with van der Waals surface area (Å²) < 4.78 is 0. The molecule has 0 fully saturated rings. The lowest BCUT2D eigenvalue weighted by molar-refractivity contribution is -0.136. The normalized spacial score (nSPS) is 15.1. The molecule has 1 rings (SSSR count). The van der Waals surface area contributed by atoms with E-state index < -0.39 is 0 Å². The summed E-state index contributed by atoms with van der Waals surface area (Å²) in [5.41, 5.74) is 5.69. The number of carbonyl (C=O) groups excluding carboxylic acids is 2. The third kappa shape index (κ3) is 4.35. The third-order valence-electron chi connectivity index (χ3n) is 2.12. The Labute approximate surface area is 105 Å². The lowest BCUT2D eigenvalue weighted by Crippen LogP contribution is -2.49. The highest BCUT2D eigenvalue weighted by Gasteiger charge is 2.20. The number of nitrogens with zero attached hydrogens (tertiary/aromatic N) is 2. The number of hydrogen-bond acceptors (Lipinski definition) is 4. The quantitative estimate of drug-likeness (QED) is 0.441. The first-order chi connectivity index (χ1) is 8.02. The topological polar surface area (TPSA) is 85.8 Å². The highest BCUT2D eigenvalue weighted by Crippen LogP contribution is 2.07. The van der Waals surface area contributed by atoms with Crippen LogP contribution in [0.4, 0.5) is 0 Å². The highest BCUT2D eigenvalue weighted by molar-refractivity contribution is 7.80. The summed E-state index contributed by atoms with van der Waals surface area (Å²) in [4.78, 5) is 22.9. The molecule has 94 valence electrons. The average molecular weight is 257 g/mol. The molecule has 1 aliphatic heterocycles. The first kappa shape index (κ1) is 13.4. The Morgan fingerprint density at radius 2 is 2.18 bits per heavy atom. The van der Waals surface area contributed by atoms with Gasteiger partial charge in [-0.2, -0.15) is 5.10 Å². The van der Waals surface area contributed by atoms with Crippen molar-refractivity contribution < 1.29 is 9.59 Å². The average Bonchev–Trinajstić information content (AvgIpc) is 2.30. The van der Waals surface area contributed by atoms with Gasteiger partial charge >= 0.3 is 0 Å². The van der Waals surface area contributed by atoms with E-state index in [-0.39, 0.29) is 18.4 Å². The van der Waals surface area contributed by atoms with Crippen molar-refractivity contribution >= 4 is 34.9 Å². The van der Waals surface area contributed by atoms with Gasteiger partial charge in [-0.25, -0.2) is 5.01 Å². The van der Waals surface area contributed by atoms with E-state index in [0.717, 1.165) is 10.7 Å². The molecule has 1 heterocycles. The predicted molar refractivity (Wildman–Crippen MR) is 67.0 cm³/mol. The zero-order chi connectivity index (χ0) is 12.8. The molecular weight excluding hydrogens is 242 g/mol. The van der Waals surface area contributed by atoms with Crippen LogP contribution < -0.4 is 16.2 Å². The fourth-order valence-corrected chi connectivity index (χ4v) is 1.27. The van der Waals surface area contributed by atoms with Gasteiger partial charge in [0.05, 0.1) is 0 Å². The van der Waals surface area contributed by atoms with Crippen molar-refractivity contribution in [3.05, 3.63) is 0 Å². The molecular formula is C9H15N5O2S. The molecule has 0 saturated carbocycles. The second-order valence-corrected chi connectivity index (χ2v) is 3.95. The molecule has 0 spiro atoms. The molecule has 0 bridgehead atoms. The number of hydrazine groups is 1. The van der Waals surface area contributed by atoms with Crippen molar-refractivity contribution in [2.24, 2.45) is 5.10 Å². The standard InChI is InChI=1S/C9H15N5O2S/c1-6-3-4-8(16)14(13-6)5-7(15)11-12-9(17)10-2/h3-5H2,1-2H3,(H,11,15)(H2,10,12,17). The molecule has 0 atom stereocenters. The molecule has 8 heteroatoms. The van der Waals surface area contributed by atoms with Gasteiger partial charge in [-0.15, -0.1) is 0 Å². The maximum Gasteiger partial charge on any atom is 0.260 e. The molecule has 0 aromatic carbocycles. The van der Waals surface area contributed by atoms with E-state index in [1.807, 2.05) is 6.92 Å². The van der Waals surface area contributed by atoms with Crippen LogP contribution in [0.2, 0.25) is 0 Å². The maximum absolute atomic E-state index is 11.5. The molecule has 0 saturated heterocycles. The van der Waals surface area contributed by atoms with E-state index in [4.69, 9.17) is 12.2 Å². The van der Waals surface area contributed by atoms with Crippen LogP contribution >= 0.6 is 12.2 Å².